The van der Waals surface area contributed by atoms with Gasteiger partial charge in [-0.15, -0.1) is 0 Å². The molecule has 1 aromatic heterocycles. The monoisotopic (exact) mass is 360 g/mol. The quantitative estimate of drug-likeness (QED) is 0.789. The van der Waals surface area contributed by atoms with Crippen LogP contribution in [0.2, 0.25) is 0 Å². The Morgan fingerprint density at radius 2 is 1.96 bits per heavy atom. The van der Waals surface area contributed by atoms with E-state index in [1.807, 2.05) is 6.07 Å². The van der Waals surface area contributed by atoms with Crippen molar-refractivity contribution in [2.24, 2.45) is 0 Å². The highest BCUT2D eigenvalue weighted by Gasteiger charge is 2.33. The molecule has 0 spiro atoms. The molecule has 0 bridgehead atoms. The predicted octanol–water partition coefficient (Wildman–Crippen LogP) is 1.20. The van der Waals surface area contributed by atoms with Gasteiger partial charge in [-0.2, -0.15) is 14.6 Å². The summed E-state index contributed by atoms with van der Waals surface area (Å²) >= 11 is 0. The van der Waals surface area contributed by atoms with E-state index in [1.54, 1.807) is 0 Å². The van der Waals surface area contributed by atoms with Crippen molar-refractivity contribution in [1.29, 1.82) is 5.26 Å². The van der Waals surface area contributed by atoms with Crippen LogP contribution in [0.25, 0.3) is 0 Å². The maximum Gasteiger partial charge on any atom is 0.243 e. The Labute approximate surface area is 145 Å². The Hall–Kier alpha value is -2.70. The number of aromatic nitrogens is 2. The van der Waals surface area contributed by atoms with E-state index in [-0.39, 0.29) is 17.5 Å². The normalized spacial score (nSPS) is 17.8. The van der Waals surface area contributed by atoms with Crippen LogP contribution in [0, 0.1) is 11.3 Å². The topological polar surface area (TPSA) is 105 Å². The largest absolute Gasteiger partial charge is 0.480 e. The summed E-state index contributed by atoms with van der Waals surface area (Å²) in [5.74, 6) is 0.625. The zero-order chi connectivity index (χ0) is 17.9. The maximum atomic E-state index is 12.7. The molecule has 1 saturated heterocycles. The number of ether oxygens (including phenoxy) is 2. The molecule has 1 aliphatic heterocycles. The molecule has 0 aliphatic carbocycles. The molecular formula is C16H16N4O4S. The lowest BCUT2D eigenvalue weighted by Gasteiger charge is -2.17. The van der Waals surface area contributed by atoms with E-state index in [9.17, 15) is 8.42 Å². The summed E-state index contributed by atoms with van der Waals surface area (Å²) in [5.41, 5.74) is 0.415. The van der Waals surface area contributed by atoms with Crippen molar-refractivity contribution in [1.82, 2.24) is 14.3 Å². The van der Waals surface area contributed by atoms with Gasteiger partial charge in [0.2, 0.25) is 21.8 Å². The van der Waals surface area contributed by atoms with Gasteiger partial charge in [0, 0.05) is 6.54 Å². The van der Waals surface area contributed by atoms with E-state index in [1.165, 1.54) is 48.1 Å². The van der Waals surface area contributed by atoms with E-state index in [4.69, 9.17) is 14.7 Å². The van der Waals surface area contributed by atoms with Crippen molar-refractivity contribution in [3.05, 3.63) is 42.2 Å². The van der Waals surface area contributed by atoms with E-state index >= 15 is 0 Å². The number of methoxy groups -OCH3 is 1. The van der Waals surface area contributed by atoms with Crippen LogP contribution < -0.4 is 9.47 Å². The fraction of sp³-hybridized carbons (Fsp3) is 0.312. The third kappa shape index (κ3) is 3.70. The molecule has 1 aromatic carbocycles. The molecule has 2 heterocycles. The first-order valence-corrected chi connectivity index (χ1v) is 9.00. The molecule has 1 aliphatic rings. The Morgan fingerprint density at radius 3 is 2.64 bits per heavy atom. The van der Waals surface area contributed by atoms with E-state index < -0.39 is 10.0 Å². The molecule has 0 unspecified atom stereocenters. The minimum absolute atomic E-state index is 0.160. The molecule has 1 atom stereocenters. The second-order valence-corrected chi connectivity index (χ2v) is 7.37. The molecule has 0 amide bonds. The third-order valence-electron chi connectivity index (χ3n) is 3.82. The fourth-order valence-electron chi connectivity index (χ4n) is 2.52. The van der Waals surface area contributed by atoms with Gasteiger partial charge in [0.25, 0.3) is 0 Å². The van der Waals surface area contributed by atoms with Gasteiger partial charge in [-0.1, -0.05) is 0 Å². The molecule has 0 radical (unpaired) electrons. The molecule has 1 fully saturated rings. The molecule has 2 aromatic rings. The van der Waals surface area contributed by atoms with Gasteiger partial charge in [0.15, 0.2) is 0 Å². The summed E-state index contributed by atoms with van der Waals surface area (Å²) in [7, 11) is -2.14. The Balaban J connectivity index is 1.69. The fourth-order valence-corrected chi connectivity index (χ4v) is 4.01. The smallest absolute Gasteiger partial charge is 0.243 e. The van der Waals surface area contributed by atoms with Gasteiger partial charge in [-0.05, 0) is 30.7 Å². The van der Waals surface area contributed by atoms with Gasteiger partial charge >= 0.3 is 0 Å². The van der Waals surface area contributed by atoms with E-state index in [2.05, 4.69) is 9.97 Å². The first kappa shape index (κ1) is 17.1. The molecule has 0 saturated carbocycles. The highest BCUT2D eigenvalue weighted by atomic mass is 32.2. The molecule has 9 heteroatoms. The second kappa shape index (κ2) is 7.04. The molecule has 25 heavy (non-hydrogen) atoms. The summed E-state index contributed by atoms with van der Waals surface area (Å²) in [6, 6.07) is 7.83. The van der Waals surface area contributed by atoms with Crippen LogP contribution in [-0.4, -0.2) is 49.0 Å². The average molecular weight is 360 g/mol. The van der Waals surface area contributed by atoms with Crippen molar-refractivity contribution in [2.45, 2.75) is 17.4 Å². The highest BCUT2D eigenvalue weighted by molar-refractivity contribution is 7.89. The van der Waals surface area contributed by atoms with E-state index in [0.717, 1.165) is 0 Å². The number of benzene rings is 1. The summed E-state index contributed by atoms with van der Waals surface area (Å²) in [4.78, 5) is 8.23. The zero-order valence-electron chi connectivity index (χ0n) is 13.5. The van der Waals surface area contributed by atoms with Gasteiger partial charge in [0.05, 0.1) is 42.6 Å². The molecular weight excluding hydrogens is 344 g/mol. The molecule has 3 rings (SSSR count). The first-order valence-electron chi connectivity index (χ1n) is 7.56. The number of sulfonamides is 1. The van der Waals surface area contributed by atoms with Crippen molar-refractivity contribution in [2.75, 3.05) is 20.2 Å². The SMILES string of the molecule is COc1cncc(O[C@@H]2CCN(S(=O)(=O)c3ccc(C#N)cc3)C2)n1. The maximum absolute atomic E-state index is 12.7. The lowest BCUT2D eigenvalue weighted by Crippen LogP contribution is -2.31. The number of rotatable bonds is 5. The Bertz CT molecular complexity index is 893. The second-order valence-electron chi connectivity index (χ2n) is 5.43. The predicted molar refractivity (Wildman–Crippen MR) is 87.5 cm³/mol. The lowest BCUT2D eigenvalue weighted by atomic mass is 10.2. The van der Waals surface area contributed by atoms with Crippen LogP contribution in [0.5, 0.6) is 11.8 Å². The number of hydrogen-bond acceptors (Lipinski definition) is 7. The minimum atomic E-state index is -3.62. The Kier molecular flexibility index (Phi) is 4.83. The number of nitrogens with zero attached hydrogens (tertiary/aromatic N) is 4. The van der Waals surface area contributed by atoms with Crippen LogP contribution >= 0.6 is 0 Å². The summed E-state index contributed by atoms with van der Waals surface area (Å²) in [6.45, 7) is 0.575. The van der Waals surface area contributed by atoms with E-state index in [0.29, 0.717) is 30.3 Å². The summed E-state index contributed by atoms with van der Waals surface area (Å²) < 4.78 is 37.4. The summed E-state index contributed by atoms with van der Waals surface area (Å²) in [5, 5.41) is 8.81. The van der Waals surface area contributed by atoms with Gasteiger partial charge in [-0.25, -0.2) is 8.42 Å². The van der Waals surface area contributed by atoms with Gasteiger partial charge in [-0.3, -0.25) is 4.98 Å². The molecule has 130 valence electrons. The van der Waals surface area contributed by atoms with Crippen molar-refractivity contribution >= 4 is 10.0 Å². The zero-order valence-corrected chi connectivity index (χ0v) is 14.3. The minimum Gasteiger partial charge on any atom is -0.480 e. The first-order chi connectivity index (χ1) is 12.0. The molecule has 8 nitrogen and oxygen atoms in total. The highest BCUT2D eigenvalue weighted by Crippen LogP contribution is 2.24. The van der Waals surface area contributed by atoms with Crippen LogP contribution in [0.4, 0.5) is 0 Å². The lowest BCUT2D eigenvalue weighted by molar-refractivity contribution is 0.203. The van der Waals surface area contributed by atoms with Crippen molar-refractivity contribution in [3.63, 3.8) is 0 Å². The standard InChI is InChI=1S/C16H16N4O4S/c1-23-15-9-18-10-16(19-15)24-13-6-7-20(11-13)25(21,22)14-4-2-12(8-17)3-5-14/h2-5,9-10,13H,6-7,11H2,1H3/t13-/m1/s1. The third-order valence-corrected chi connectivity index (χ3v) is 5.70. The van der Waals surface area contributed by atoms with Crippen LogP contribution in [0.3, 0.4) is 0 Å². The number of hydrogen-bond donors (Lipinski definition) is 0. The van der Waals surface area contributed by atoms with Crippen LogP contribution in [-0.2, 0) is 10.0 Å². The van der Waals surface area contributed by atoms with Crippen LogP contribution in [0.15, 0.2) is 41.6 Å². The Morgan fingerprint density at radius 1 is 1.24 bits per heavy atom. The summed E-state index contributed by atoms with van der Waals surface area (Å²) in [6.07, 6.45) is 3.16. The van der Waals surface area contributed by atoms with Gasteiger partial charge in [0.1, 0.15) is 6.10 Å². The average Bonchev–Trinajstić information content (AvgIpc) is 3.11. The van der Waals surface area contributed by atoms with Crippen molar-refractivity contribution in [3.8, 4) is 17.8 Å². The number of nitriles is 1. The van der Waals surface area contributed by atoms with Gasteiger partial charge < -0.3 is 9.47 Å². The van der Waals surface area contributed by atoms with Crippen LogP contribution in [0.1, 0.15) is 12.0 Å². The van der Waals surface area contributed by atoms with Crippen molar-refractivity contribution < 1.29 is 17.9 Å². The molecule has 0 N–H and O–H groups in total.